The van der Waals surface area contributed by atoms with E-state index in [0.717, 1.165) is 44.0 Å². The van der Waals surface area contributed by atoms with Gasteiger partial charge in [-0.3, -0.25) is 9.89 Å². The molecule has 0 atom stereocenters. The first-order valence-corrected chi connectivity index (χ1v) is 14.4. The zero-order valence-corrected chi connectivity index (χ0v) is 23.4. The quantitative estimate of drug-likeness (QED) is 0.255. The van der Waals surface area contributed by atoms with Crippen LogP contribution in [0.25, 0.3) is 10.9 Å². The summed E-state index contributed by atoms with van der Waals surface area (Å²) in [5.74, 6) is -2.36. The van der Waals surface area contributed by atoms with Crippen molar-refractivity contribution in [2.24, 2.45) is 0 Å². The molecule has 3 N–H and O–H groups in total. The number of methoxy groups -OCH3 is 1. The zero-order chi connectivity index (χ0) is 29.1. The number of fused-ring (bicyclic) bond motifs is 1. The Kier molecular flexibility index (Phi) is 8.20. The summed E-state index contributed by atoms with van der Waals surface area (Å²) < 4.78 is 58.9. The Morgan fingerprint density at radius 2 is 1.73 bits per heavy atom. The molecule has 1 aliphatic heterocycles. The first kappa shape index (κ1) is 28.5. The summed E-state index contributed by atoms with van der Waals surface area (Å²) in [5.41, 5.74) is 2.44. The number of amides is 1. The van der Waals surface area contributed by atoms with E-state index in [2.05, 4.69) is 37.7 Å². The van der Waals surface area contributed by atoms with Gasteiger partial charge in [-0.1, -0.05) is 0 Å². The number of hydrogen-bond acceptors (Lipinski definition) is 8. The lowest BCUT2D eigenvalue weighted by Crippen LogP contribution is -2.44. The van der Waals surface area contributed by atoms with Gasteiger partial charge in [0.05, 0.1) is 27.5 Å². The number of carbonyl (C=O) groups is 1. The summed E-state index contributed by atoms with van der Waals surface area (Å²) in [7, 11) is -0.574. The van der Waals surface area contributed by atoms with Crippen LogP contribution in [-0.2, 0) is 14.6 Å². The number of ether oxygens (including phenoxy) is 1. The molecule has 0 aliphatic carbocycles. The summed E-state index contributed by atoms with van der Waals surface area (Å²) in [4.78, 5) is 17.3. The molecule has 10 nitrogen and oxygen atoms in total. The average Bonchev–Trinajstić information content (AvgIpc) is 3.35. The Morgan fingerprint density at radius 3 is 2.44 bits per heavy atom. The van der Waals surface area contributed by atoms with E-state index < -0.39 is 32.3 Å². The molecule has 5 rings (SSSR count). The van der Waals surface area contributed by atoms with Crippen LogP contribution in [0.5, 0.6) is 0 Å². The second kappa shape index (κ2) is 11.8. The van der Waals surface area contributed by atoms with Gasteiger partial charge in [-0.2, -0.15) is 5.10 Å². The van der Waals surface area contributed by atoms with Crippen LogP contribution in [0.3, 0.4) is 0 Å². The molecule has 216 valence electrons. The van der Waals surface area contributed by atoms with Crippen molar-refractivity contribution in [1.29, 1.82) is 0 Å². The highest BCUT2D eigenvalue weighted by atomic mass is 32.2. The van der Waals surface area contributed by atoms with Gasteiger partial charge in [0.1, 0.15) is 11.6 Å². The Bertz CT molecular complexity index is 1670. The van der Waals surface area contributed by atoms with Gasteiger partial charge >= 0.3 is 0 Å². The maximum absolute atomic E-state index is 13.7. The molecule has 41 heavy (non-hydrogen) atoms. The number of sulfone groups is 1. The highest BCUT2D eigenvalue weighted by molar-refractivity contribution is 7.91. The number of benzene rings is 3. The molecule has 0 spiro atoms. The van der Waals surface area contributed by atoms with E-state index in [1.54, 1.807) is 13.2 Å². The lowest BCUT2D eigenvalue weighted by molar-refractivity contribution is 0.102. The third-order valence-electron chi connectivity index (χ3n) is 6.96. The Morgan fingerprint density at radius 1 is 1.00 bits per heavy atom. The van der Waals surface area contributed by atoms with E-state index in [1.807, 2.05) is 12.1 Å². The van der Waals surface area contributed by atoms with E-state index in [4.69, 9.17) is 4.74 Å². The fourth-order valence-electron chi connectivity index (χ4n) is 4.68. The molecule has 1 fully saturated rings. The Hall–Kier alpha value is -4.07. The number of aromatic nitrogens is 2. The van der Waals surface area contributed by atoms with Crippen molar-refractivity contribution in [3.05, 3.63) is 71.8 Å². The van der Waals surface area contributed by atoms with Crippen molar-refractivity contribution in [2.45, 2.75) is 9.79 Å². The van der Waals surface area contributed by atoms with Crippen LogP contribution in [0.4, 0.5) is 26.0 Å². The normalized spacial score (nSPS) is 14.4. The van der Waals surface area contributed by atoms with Crippen molar-refractivity contribution < 1.29 is 26.7 Å². The first-order chi connectivity index (χ1) is 19.7. The van der Waals surface area contributed by atoms with E-state index >= 15 is 0 Å². The number of anilines is 3. The van der Waals surface area contributed by atoms with Crippen molar-refractivity contribution in [2.75, 3.05) is 69.0 Å². The number of H-pyrrole nitrogens is 1. The lowest BCUT2D eigenvalue weighted by atomic mass is 10.1. The molecule has 1 aromatic heterocycles. The number of nitrogens with one attached hydrogen (secondary N) is 3. The summed E-state index contributed by atoms with van der Waals surface area (Å²) in [6.07, 6.45) is 0. The van der Waals surface area contributed by atoms with Crippen LogP contribution in [0, 0.1) is 11.6 Å². The lowest BCUT2D eigenvalue weighted by Gasteiger charge is -2.34. The number of piperazine rings is 1. The van der Waals surface area contributed by atoms with Crippen LogP contribution in [0.1, 0.15) is 10.4 Å². The van der Waals surface area contributed by atoms with Gasteiger partial charge in [-0.25, -0.2) is 17.2 Å². The van der Waals surface area contributed by atoms with Gasteiger partial charge in [0.25, 0.3) is 5.91 Å². The summed E-state index contributed by atoms with van der Waals surface area (Å²) in [6.45, 7) is 4.53. The maximum Gasteiger partial charge on any atom is 0.258 e. The molecule has 0 bridgehead atoms. The van der Waals surface area contributed by atoms with Crippen LogP contribution in [0.15, 0.2) is 64.4 Å². The molecular formula is C28H30F2N6O4S. The third-order valence-corrected chi connectivity index (χ3v) is 8.69. The molecule has 4 aromatic rings. The van der Waals surface area contributed by atoms with Crippen LogP contribution in [-0.4, -0.2) is 82.9 Å². The highest BCUT2D eigenvalue weighted by Crippen LogP contribution is 2.30. The molecular weight excluding hydrogens is 554 g/mol. The van der Waals surface area contributed by atoms with E-state index in [1.165, 1.54) is 18.2 Å². The van der Waals surface area contributed by atoms with E-state index in [9.17, 15) is 22.0 Å². The number of nitrogens with zero attached hydrogens (tertiary/aromatic N) is 3. The molecule has 1 amide bonds. The maximum atomic E-state index is 13.7. The minimum Gasteiger partial charge on any atom is -0.383 e. The van der Waals surface area contributed by atoms with Crippen molar-refractivity contribution in [3.63, 3.8) is 0 Å². The highest BCUT2D eigenvalue weighted by Gasteiger charge is 2.23. The summed E-state index contributed by atoms with van der Waals surface area (Å²) >= 11 is 0. The van der Waals surface area contributed by atoms with Crippen molar-refractivity contribution in [1.82, 2.24) is 15.1 Å². The number of carbonyl (C=O) groups excluding carboxylic acids is 1. The molecule has 0 saturated carbocycles. The number of halogens is 2. The fraction of sp³-hybridized carbons (Fsp3) is 0.286. The standard InChI is InChI=1S/C28H30F2N6O4S/c1-35-8-10-36(11-9-35)20-3-5-23(26(16-20)31-7-12-40-2)28(37)32-27-24-17-21(4-6-25(24)33-34-27)41(38,39)22-14-18(29)13-19(30)15-22/h3-6,13-17,31H,7-12H2,1-2H3,(H2,32,33,34,37). The van der Waals surface area contributed by atoms with E-state index in [0.29, 0.717) is 41.4 Å². The molecule has 3 aromatic carbocycles. The number of rotatable bonds is 9. The van der Waals surface area contributed by atoms with Crippen molar-refractivity contribution >= 4 is 43.8 Å². The first-order valence-electron chi connectivity index (χ1n) is 13.0. The molecule has 13 heteroatoms. The smallest absolute Gasteiger partial charge is 0.258 e. The minimum absolute atomic E-state index is 0.110. The minimum atomic E-state index is -4.25. The number of hydrogen-bond donors (Lipinski definition) is 3. The van der Waals surface area contributed by atoms with Gasteiger partial charge in [-0.05, 0) is 55.6 Å². The predicted octanol–water partition coefficient (Wildman–Crippen LogP) is 3.74. The molecule has 1 aliphatic rings. The van der Waals surface area contributed by atoms with Gasteiger partial charge < -0.3 is 25.2 Å². The predicted molar refractivity (Wildman–Crippen MR) is 152 cm³/mol. The van der Waals surface area contributed by atoms with Crippen LogP contribution in [0.2, 0.25) is 0 Å². The van der Waals surface area contributed by atoms with Crippen LogP contribution < -0.4 is 15.5 Å². The molecule has 0 unspecified atom stereocenters. The average molecular weight is 585 g/mol. The monoisotopic (exact) mass is 584 g/mol. The van der Waals surface area contributed by atoms with Crippen LogP contribution >= 0.6 is 0 Å². The fourth-order valence-corrected chi connectivity index (χ4v) is 6.00. The topological polar surface area (TPSA) is 120 Å². The van der Waals surface area contributed by atoms with Gasteiger partial charge in [0, 0.05) is 62.7 Å². The second-order valence-corrected chi connectivity index (χ2v) is 11.7. The van der Waals surface area contributed by atoms with Gasteiger partial charge in [0.15, 0.2) is 5.82 Å². The second-order valence-electron chi connectivity index (χ2n) is 9.78. The Balaban J connectivity index is 1.44. The van der Waals surface area contributed by atoms with Gasteiger partial charge in [-0.15, -0.1) is 0 Å². The zero-order valence-electron chi connectivity index (χ0n) is 22.6. The number of likely N-dealkylation sites (N-methyl/N-ethyl adjacent to an activating group) is 1. The third kappa shape index (κ3) is 6.16. The largest absolute Gasteiger partial charge is 0.383 e. The number of aromatic amines is 1. The Labute approximate surface area is 236 Å². The SMILES string of the molecule is COCCNc1cc(N2CCN(C)CC2)ccc1C(=O)Nc1n[nH]c2ccc(S(=O)(=O)c3cc(F)cc(F)c3)cc12. The summed E-state index contributed by atoms with van der Waals surface area (Å²) in [5, 5.41) is 13.3. The molecule has 2 heterocycles. The molecule has 1 saturated heterocycles. The van der Waals surface area contributed by atoms with E-state index in [-0.39, 0.29) is 10.7 Å². The van der Waals surface area contributed by atoms with Crippen molar-refractivity contribution in [3.8, 4) is 0 Å². The van der Waals surface area contributed by atoms with Gasteiger partial charge in [0.2, 0.25) is 9.84 Å². The molecule has 0 radical (unpaired) electrons. The summed E-state index contributed by atoms with van der Waals surface area (Å²) in [6, 6.07) is 11.8.